The third kappa shape index (κ3) is 3.22. The molecule has 0 atom stereocenters. The molecule has 0 aromatic heterocycles. The topological polar surface area (TPSA) is 41.6 Å². The molecular weight excluding hydrogens is 150 g/mol. The van der Waals surface area contributed by atoms with Crippen LogP contribution in [0.25, 0.3) is 0 Å². The maximum absolute atomic E-state index is 5.74. The van der Waals surface area contributed by atoms with Crippen LogP contribution in [0.3, 0.4) is 0 Å². The first kappa shape index (κ1) is 9.52. The molecule has 1 aliphatic rings. The van der Waals surface area contributed by atoms with E-state index in [1.807, 2.05) is 0 Å². The van der Waals surface area contributed by atoms with Crippen LogP contribution in [0.1, 0.15) is 19.8 Å². The summed E-state index contributed by atoms with van der Waals surface area (Å²) in [7, 11) is 2.10. The van der Waals surface area contributed by atoms with Crippen molar-refractivity contribution in [3.63, 3.8) is 0 Å². The summed E-state index contributed by atoms with van der Waals surface area (Å²) in [5.41, 5.74) is 5.74. The van der Waals surface area contributed by atoms with Gasteiger partial charge in [-0.05, 0) is 26.4 Å². The van der Waals surface area contributed by atoms with Gasteiger partial charge in [0.25, 0.3) is 0 Å². The summed E-state index contributed by atoms with van der Waals surface area (Å²) < 4.78 is 0. The van der Waals surface area contributed by atoms with Gasteiger partial charge in [0, 0.05) is 12.5 Å². The highest BCUT2D eigenvalue weighted by molar-refractivity contribution is 5.84. The van der Waals surface area contributed by atoms with Crippen molar-refractivity contribution < 1.29 is 0 Å². The van der Waals surface area contributed by atoms with Gasteiger partial charge in [-0.2, -0.15) is 0 Å². The summed E-state index contributed by atoms with van der Waals surface area (Å²) in [4.78, 5) is 6.57. The first-order valence-electron chi connectivity index (χ1n) is 4.72. The first-order chi connectivity index (χ1) is 5.74. The summed E-state index contributed by atoms with van der Waals surface area (Å²) in [6.07, 6.45) is 2.50. The third-order valence-electron chi connectivity index (χ3n) is 2.31. The zero-order chi connectivity index (χ0) is 8.97. The van der Waals surface area contributed by atoms with Crippen molar-refractivity contribution in [2.45, 2.75) is 19.8 Å². The van der Waals surface area contributed by atoms with Crippen LogP contribution in [-0.4, -0.2) is 37.4 Å². The number of hydrogen-bond donors (Lipinski definition) is 1. The van der Waals surface area contributed by atoms with E-state index in [9.17, 15) is 0 Å². The van der Waals surface area contributed by atoms with Gasteiger partial charge in [0.05, 0.1) is 12.4 Å². The van der Waals surface area contributed by atoms with Crippen LogP contribution < -0.4 is 5.73 Å². The molecule has 3 heteroatoms. The van der Waals surface area contributed by atoms with E-state index in [-0.39, 0.29) is 0 Å². The van der Waals surface area contributed by atoms with Crippen molar-refractivity contribution in [1.29, 1.82) is 0 Å². The van der Waals surface area contributed by atoms with E-state index in [0.29, 0.717) is 5.92 Å². The van der Waals surface area contributed by atoms with Crippen LogP contribution in [0.4, 0.5) is 0 Å². The number of rotatable bonds is 5. The molecule has 0 bridgehead atoms. The predicted octanol–water partition coefficient (Wildman–Crippen LogP) is 0.705. The number of amidine groups is 1. The van der Waals surface area contributed by atoms with E-state index < -0.39 is 0 Å². The molecule has 0 heterocycles. The van der Waals surface area contributed by atoms with E-state index in [1.165, 1.54) is 12.8 Å². The quantitative estimate of drug-likeness (QED) is 0.486. The lowest BCUT2D eigenvalue weighted by Crippen LogP contribution is -2.23. The van der Waals surface area contributed by atoms with Crippen molar-refractivity contribution in [2.24, 2.45) is 16.6 Å². The maximum atomic E-state index is 5.74. The summed E-state index contributed by atoms with van der Waals surface area (Å²) in [6.45, 7) is 5.10. The van der Waals surface area contributed by atoms with E-state index in [0.717, 1.165) is 25.5 Å². The Labute approximate surface area is 74.6 Å². The summed E-state index contributed by atoms with van der Waals surface area (Å²) >= 11 is 0. The summed E-state index contributed by atoms with van der Waals surface area (Å²) in [5, 5.41) is 0. The van der Waals surface area contributed by atoms with Crippen LogP contribution in [0.15, 0.2) is 4.99 Å². The zero-order valence-corrected chi connectivity index (χ0v) is 8.08. The smallest absolute Gasteiger partial charge is 0.0968 e. The Morgan fingerprint density at radius 2 is 2.25 bits per heavy atom. The Morgan fingerprint density at radius 3 is 2.75 bits per heavy atom. The van der Waals surface area contributed by atoms with Gasteiger partial charge in [-0.25, -0.2) is 0 Å². The van der Waals surface area contributed by atoms with Crippen molar-refractivity contribution in [2.75, 3.05) is 26.7 Å². The fraction of sp³-hybridized carbons (Fsp3) is 0.889. The predicted molar refractivity (Wildman–Crippen MR) is 52.4 cm³/mol. The zero-order valence-electron chi connectivity index (χ0n) is 8.08. The fourth-order valence-electron chi connectivity index (χ4n) is 1.02. The first-order valence-corrected chi connectivity index (χ1v) is 4.72. The normalized spacial score (nSPS) is 18.8. The number of likely N-dealkylation sites (N-methyl/N-ethyl adjacent to an activating group) is 1. The monoisotopic (exact) mass is 169 g/mol. The largest absolute Gasteiger partial charge is 0.387 e. The van der Waals surface area contributed by atoms with Crippen LogP contribution in [0, 0.1) is 5.92 Å². The molecule has 1 saturated carbocycles. The van der Waals surface area contributed by atoms with E-state index in [4.69, 9.17) is 5.73 Å². The van der Waals surface area contributed by atoms with Gasteiger partial charge in [-0.3, -0.25) is 4.99 Å². The number of nitrogens with two attached hydrogens (primary N) is 1. The van der Waals surface area contributed by atoms with Crippen molar-refractivity contribution in [3.8, 4) is 0 Å². The molecule has 3 nitrogen and oxygen atoms in total. The van der Waals surface area contributed by atoms with Crippen LogP contribution in [-0.2, 0) is 0 Å². The molecule has 1 rings (SSSR count). The van der Waals surface area contributed by atoms with Gasteiger partial charge in [0.15, 0.2) is 0 Å². The second-order valence-corrected chi connectivity index (χ2v) is 3.48. The standard InChI is InChI=1S/C9H19N3/c1-3-12(2)7-6-11-9(10)8-4-5-8/h8H,3-7H2,1-2H3,(H2,10,11). The molecule has 2 N–H and O–H groups in total. The molecule has 0 unspecified atom stereocenters. The summed E-state index contributed by atoms with van der Waals surface area (Å²) in [6, 6.07) is 0. The average Bonchev–Trinajstić information content (AvgIpc) is 2.86. The van der Waals surface area contributed by atoms with Crippen LogP contribution in [0.5, 0.6) is 0 Å². The van der Waals surface area contributed by atoms with Gasteiger partial charge in [-0.1, -0.05) is 6.92 Å². The molecule has 0 aromatic rings. The number of hydrogen-bond acceptors (Lipinski definition) is 2. The van der Waals surface area contributed by atoms with E-state index in [2.05, 4.69) is 23.9 Å². The van der Waals surface area contributed by atoms with Gasteiger partial charge < -0.3 is 10.6 Å². The minimum atomic E-state index is 0.622. The van der Waals surface area contributed by atoms with E-state index >= 15 is 0 Å². The number of nitrogens with zero attached hydrogens (tertiary/aromatic N) is 2. The Bertz CT molecular complexity index is 161. The fourth-order valence-corrected chi connectivity index (χ4v) is 1.02. The lowest BCUT2D eigenvalue weighted by atomic mass is 10.4. The molecule has 0 radical (unpaired) electrons. The lowest BCUT2D eigenvalue weighted by Gasteiger charge is -2.11. The Balaban J connectivity index is 2.10. The average molecular weight is 169 g/mol. The van der Waals surface area contributed by atoms with Crippen LogP contribution >= 0.6 is 0 Å². The molecule has 0 aromatic carbocycles. The molecular formula is C9H19N3. The minimum Gasteiger partial charge on any atom is -0.387 e. The Hall–Kier alpha value is -0.570. The number of aliphatic imine (C=N–C) groups is 1. The van der Waals surface area contributed by atoms with Crippen molar-refractivity contribution >= 4 is 5.84 Å². The molecule has 12 heavy (non-hydrogen) atoms. The molecule has 70 valence electrons. The van der Waals surface area contributed by atoms with Crippen LogP contribution in [0.2, 0.25) is 0 Å². The van der Waals surface area contributed by atoms with Crippen molar-refractivity contribution in [1.82, 2.24) is 4.90 Å². The minimum absolute atomic E-state index is 0.622. The maximum Gasteiger partial charge on any atom is 0.0968 e. The van der Waals surface area contributed by atoms with Crippen molar-refractivity contribution in [3.05, 3.63) is 0 Å². The molecule has 0 spiro atoms. The van der Waals surface area contributed by atoms with E-state index in [1.54, 1.807) is 0 Å². The SMILES string of the molecule is CCN(C)CCN=C(N)C1CC1. The lowest BCUT2D eigenvalue weighted by molar-refractivity contribution is 0.363. The molecule has 0 aliphatic heterocycles. The van der Waals surface area contributed by atoms with Gasteiger partial charge in [0.2, 0.25) is 0 Å². The molecule has 0 amide bonds. The van der Waals surface area contributed by atoms with Gasteiger partial charge in [0.1, 0.15) is 0 Å². The second kappa shape index (κ2) is 4.45. The third-order valence-corrected chi connectivity index (χ3v) is 2.31. The highest BCUT2D eigenvalue weighted by Gasteiger charge is 2.24. The molecule has 0 saturated heterocycles. The highest BCUT2D eigenvalue weighted by Crippen LogP contribution is 2.28. The Morgan fingerprint density at radius 1 is 1.58 bits per heavy atom. The van der Waals surface area contributed by atoms with Gasteiger partial charge >= 0.3 is 0 Å². The highest BCUT2D eigenvalue weighted by atomic mass is 15.1. The second-order valence-electron chi connectivity index (χ2n) is 3.48. The molecule has 1 fully saturated rings. The summed E-state index contributed by atoms with van der Waals surface area (Å²) in [5.74, 6) is 1.50. The molecule has 1 aliphatic carbocycles. The van der Waals surface area contributed by atoms with Gasteiger partial charge in [-0.15, -0.1) is 0 Å². The Kier molecular flexibility index (Phi) is 3.53.